The predicted molar refractivity (Wildman–Crippen MR) is 112 cm³/mol. The number of carboxylic acid groups (broad SMARTS) is 1. The summed E-state index contributed by atoms with van der Waals surface area (Å²) in [6.07, 6.45) is 0.858. The molecule has 3 N–H and O–H groups in total. The van der Waals surface area contributed by atoms with Crippen molar-refractivity contribution in [3.8, 4) is 0 Å². The van der Waals surface area contributed by atoms with Crippen LogP contribution in [0.25, 0.3) is 0 Å². The second kappa shape index (κ2) is 10.6. The SMILES string of the molecule is CC(C)C[C@H](NC(=O)[C@H](NC(=O)[C@@H]1CCCN1C(=O)OC(C)(C)C)C(C)C)C(=O)O. The van der Waals surface area contributed by atoms with Crippen molar-refractivity contribution in [3.05, 3.63) is 0 Å². The lowest BCUT2D eigenvalue weighted by molar-refractivity contribution is -0.143. The molecule has 0 saturated carbocycles. The Hall–Kier alpha value is -2.32. The van der Waals surface area contributed by atoms with E-state index in [0.717, 1.165) is 0 Å². The third-order valence-electron chi connectivity index (χ3n) is 4.75. The Morgan fingerprint density at radius 1 is 1.10 bits per heavy atom. The van der Waals surface area contributed by atoms with Crippen molar-refractivity contribution < 1.29 is 29.0 Å². The number of nitrogens with one attached hydrogen (secondary N) is 2. The van der Waals surface area contributed by atoms with Gasteiger partial charge >= 0.3 is 12.1 Å². The van der Waals surface area contributed by atoms with Crippen LogP contribution in [0.15, 0.2) is 0 Å². The van der Waals surface area contributed by atoms with Gasteiger partial charge in [-0.1, -0.05) is 27.7 Å². The third kappa shape index (κ3) is 7.84. The molecule has 1 aliphatic heterocycles. The first-order chi connectivity index (χ1) is 13.7. The lowest BCUT2D eigenvalue weighted by Gasteiger charge is -2.30. The molecule has 172 valence electrons. The number of amides is 3. The van der Waals surface area contributed by atoms with Crippen molar-refractivity contribution in [1.82, 2.24) is 15.5 Å². The van der Waals surface area contributed by atoms with Gasteiger partial charge in [-0.05, 0) is 51.9 Å². The van der Waals surface area contributed by atoms with E-state index in [4.69, 9.17) is 4.74 Å². The molecule has 3 amide bonds. The summed E-state index contributed by atoms with van der Waals surface area (Å²) in [5, 5.41) is 14.6. The Labute approximate surface area is 178 Å². The highest BCUT2D eigenvalue weighted by Gasteiger charge is 2.38. The molecular weight excluding hydrogens is 390 g/mol. The van der Waals surface area contributed by atoms with Gasteiger partial charge in [0.25, 0.3) is 0 Å². The molecule has 0 radical (unpaired) electrons. The van der Waals surface area contributed by atoms with E-state index in [1.54, 1.807) is 34.6 Å². The molecule has 0 spiro atoms. The highest BCUT2D eigenvalue weighted by atomic mass is 16.6. The monoisotopic (exact) mass is 427 g/mol. The standard InChI is InChI=1S/C21H37N3O6/c1-12(2)11-14(19(27)28)22-18(26)16(13(3)4)23-17(25)15-9-8-10-24(15)20(29)30-21(5,6)7/h12-16H,8-11H2,1-7H3,(H,22,26)(H,23,25)(H,27,28)/t14-,15-,16+/m0/s1. The lowest BCUT2D eigenvalue weighted by atomic mass is 10.00. The van der Waals surface area contributed by atoms with E-state index in [9.17, 15) is 24.3 Å². The molecule has 3 atom stereocenters. The van der Waals surface area contributed by atoms with Crippen LogP contribution in [-0.2, 0) is 19.1 Å². The van der Waals surface area contributed by atoms with Crippen LogP contribution in [0.4, 0.5) is 4.79 Å². The maximum atomic E-state index is 12.9. The number of likely N-dealkylation sites (tertiary alicyclic amines) is 1. The molecule has 30 heavy (non-hydrogen) atoms. The van der Waals surface area contributed by atoms with Crippen LogP contribution in [-0.4, -0.2) is 64.2 Å². The molecule has 0 aromatic carbocycles. The zero-order valence-electron chi connectivity index (χ0n) is 19.2. The van der Waals surface area contributed by atoms with E-state index in [2.05, 4.69) is 10.6 Å². The van der Waals surface area contributed by atoms with E-state index in [0.29, 0.717) is 19.4 Å². The zero-order valence-corrected chi connectivity index (χ0v) is 19.2. The molecule has 9 nitrogen and oxygen atoms in total. The minimum Gasteiger partial charge on any atom is -0.480 e. The van der Waals surface area contributed by atoms with Gasteiger partial charge in [-0.3, -0.25) is 14.5 Å². The molecule has 0 aromatic rings. The summed E-state index contributed by atoms with van der Waals surface area (Å²) in [6.45, 7) is 12.9. The lowest BCUT2D eigenvalue weighted by Crippen LogP contribution is -2.57. The summed E-state index contributed by atoms with van der Waals surface area (Å²) in [4.78, 5) is 50.9. The number of nitrogens with zero attached hydrogens (tertiary/aromatic N) is 1. The number of hydrogen-bond donors (Lipinski definition) is 3. The van der Waals surface area contributed by atoms with Gasteiger partial charge in [0.15, 0.2) is 0 Å². The van der Waals surface area contributed by atoms with Gasteiger partial charge in [0.05, 0.1) is 0 Å². The van der Waals surface area contributed by atoms with E-state index in [-0.39, 0.29) is 18.3 Å². The summed E-state index contributed by atoms with van der Waals surface area (Å²) >= 11 is 0. The van der Waals surface area contributed by atoms with E-state index >= 15 is 0 Å². The molecular formula is C21H37N3O6. The molecule has 0 aromatic heterocycles. The minimum absolute atomic E-state index is 0.0827. The fourth-order valence-corrected chi connectivity index (χ4v) is 3.32. The van der Waals surface area contributed by atoms with Crippen molar-refractivity contribution >= 4 is 23.9 Å². The smallest absolute Gasteiger partial charge is 0.410 e. The first-order valence-electron chi connectivity index (χ1n) is 10.6. The number of ether oxygens (including phenoxy) is 1. The largest absolute Gasteiger partial charge is 0.480 e. The number of carbonyl (C=O) groups excluding carboxylic acids is 3. The predicted octanol–water partition coefficient (Wildman–Crippen LogP) is 2.14. The fourth-order valence-electron chi connectivity index (χ4n) is 3.32. The van der Waals surface area contributed by atoms with Crippen LogP contribution in [0.3, 0.4) is 0 Å². The van der Waals surface area contributed by atoms with E-state index in [1.165, 1.54) is 4.90 Å². The van der Waals surface area contributed by atoms with Crippen LogP contribution < -0.4 is 10.6 Å². The maximum Gasteiger partial charge on any atom is 0.410 e. The van der Waals surface area contributed by atoms with Crippen LogP contribution >= 0.6 is 0 Å². The molecule has 1 fully saturated rings. The van der Waals surface area contributed by atoms with Crippen molar-refractivity contribution in [2.75, 3.05) is 6.54 Å². The molecule has 1 heterocycles. The topological polar surface area (TPSA) is 125 Å². The van der Waals surface area contributed by atoms with Gasteiger partial charge in [0.2, 0.25) is 11.8 Å². The van der Waals surface area contributed by atoms with Gasteiger partial charge in [0, 0.05) is 6.54 Å². The Bertz CT molecular complexity index is 641. The first kappa shape index (κ1) is 25.7. The molecule has 9 heteroatoms. The average Bonchev–Trinajstić information content (AvgIpc) is 3.06. The molecule has 1 saturated heterocycles. The average molecular weight is 428 g/mol. The number of rotatable bonds is 8. The van der Waals surface area contributed by atoms with E-state index < -0.39 is 47.6 Å². The summed E-state index contributed by atoms with van der Waals surface area (Å²) in [5.74, 6) is -2.29. The quantitative estimate of drug-likeness (QED) is 0.545. The number of carbonyl (C=O) groups is 4. The number of carboxylic acids is 1. The van der Waals surface area contributed by atoms with E-state index in [1.807, 2.05) is 13.8 Å². The Morgan fingerprint density at radius 2 is 1.70 bits per heavy atom. The van der Waals surface area contributed by atoms with Gasteiger partial charge in [-0.2, -0.15) is 0 Å². The highest BCUT2D eigenvalue weighted by Crippen LogP contribution is 2.21. The molecule has 0 unspecified atom stereocenters. The second-order valence-corrected chi connectivity index (χ2v) is 9.59. The minimum atomic E-state index is -1.11. The van der Waals surface area contributed by atoms with Crippen LogP contribution in [0.5, 0.6) is 0 Å². The summed E-state index contributed by atoms with van der Waals surface area (Å²) in [6, 6.07) is -2.66. The fraction of sp³-hybridized carbons (Fsp3) is 0.810. The van der Waals surface area contributed by atoms with Crippen molar-refractivity contribution in [2.45, 2.75) is 91.5 Å². The van der Waals surface area contributed by atoms with Gasteiger partial charge in [-0.25, -0.2) is 9.59 Å². The first-order valence-corrected chi connectivity index (χ1v) is 10.6. The summed E-state index contributed by atoms with van der Waals surface area (Å²) < 4.78 is 5.38. The molecule has 1 rings (SSSR count). The highest BCUT2D eigenvalue weighted by molar-refractivity contribution is 5.93. The number of hydrogen-bond acceptors (Lipinski definition) is 5. The van der Waals surface area contributed by atoms with Crippen molar-refractivity contribution in [1.29, 1.82) is 0 Å². The number of aliphatic carboxylic acids is 1. The Morgan fingerprint density at radius 3 is 2.17 bits per heavy atom. The normalized spacial score (nSPS) is 18.8. The van der Waals surface area contributed by atoms with Gasteiger partial charge in [-0.15, -0.1) is 0 Å². The summed E-state index contributed by atoms with van der Waals surface area (Å²) in [7, 11) is 0. The summed E-state index contributed by atoms with van der Waals surface area (Å²) in [5.41, 5.74) is -0.677. The molecule has 1 aliphatic rings. The molecule has 0 aliphatic carbocycles. The Kier molecular flexibility index (Phi) is 9.11. The third-order valence-corrected chi connectivity index (χ3v) is 4.75. The van der Waals surface area contributed by atoms with Crippen molar-refractivity contribution in [3.63, 3.8) is 0 Å². The second-order valence-electron chi connectivity index (χ2n) is 9.59. The Balaban J connectivity index is 2.86. The maximum absolute atomic E-state index is 12.9. The zero-order chi connectivity index (χ0) is 23.2. The molecule has 0 bridgehead atoms. The van der Waals surface area contributed by atoms with Crippen molar-refractivity contribution in [2.24, 2.45) is 11.8 Å². The van der Waals surface area contributed by atoms with Gasteiger partial charge in [0.1, 0.15) is 23.7 Å². The van der Waals surface area contributed by atoms with Gasteiger partial charge < -0.3 is 20.5 Å². The van der Waals surface area contributed by atoms with Crippen LogP contribution in [0.2, 0.25) is 0 Å². The van der Waals surface area contributed by atoms with Crippen LogP contribution in [0, 0.1) is 11.8 Å². The van der Waals surface area contributed by atoms with Crippen LogP contribution in [0.1, 0.15) is 67.7 Å².